The van der Waals surface area contributed by atoms with E-state index < -0.39 is 8.32 Å². The molecule has 0 saturated heterocycles. The number of aromatic amines is 1. The van der Waals surface area contributed by atoms with Crippen LogP contribution in [0.5, 0.6) is 5.75 Å². The summed E-state index contributed by atoms with van der Waals surface area (Å²) in [6, 6.07) is 25.5. The highest BCUT2D eigenvalue weighted by atomic mass is 28.4. The lowest BCUT2D eigenvalue weighted by Crippen LogP contribution is -2.43. The molecule has 6 nitrogen and oxygen atoms in total. The highest BCUT2D eigenvalue weighted by molar-refractivity contribution is 6.74. The Labute approximate surface area is 232 Å². The van der Waals surface area contributed by atoms with Gasteiger partial charge < -0.3 is 25.2 Å². The van der Waals surface area contributed by atoms with Crippen molar-refractivity contribution >= 4 is 24.9 Å². The second kappa shape index (κ2) is 12.2. The van der Waals surface area contributed by atoms with Crippen LogP contribution in [0.1, 0.15) is 43.6 Å². The summed E-state index contributed by atoms with van der Waals surface area (Å²) in [5, 5.41) is 4.61. The fraction of sp³-hybridized carbons (Fsp3) is 0.344. The van der Waals surface area contributed by atoms with Gasteiger partial charge in [0.15, 0.2) is 8.32 Å². The van der Waals surface area contributed by atoms with Gasteiger partial charge in [0.1, 0.15) is 12.4 Å². The number of nitrogens with one attached hydrogen (secondary N) is 2. The van der Waals surface area contributed by atoms with Crippen molar-refractivity contribution in [3.8, 4) is 5.75 Å². The molecule has 0 fully saturated rings. The van der Waals surface area contributed by atoms with Gasteiger partial charge >= 0.3 is 0 Å². The summed E-state index contributed by atoms with van der Waals surface area (Å²) < 4.78 is 13.2. The van der Waals surface area contributed by atoms with Gasteiger partial charge in [0.25, 0.3) is 0 Å². The standard InChI is InChI=1S/C32H41N3O3Si/c1-32(2,3)39(4,5)38-29(21-34-20-19-23-11-13-25(33)14-12-23)26-15-17-28(31-27(26)16-18-30(36)35-31)37-22-24-9-7-6-8-10-24/h6-18,29,34H,19-22,33H2,1-5H3,(H,35,36)/t29-/m0/s1. The van der Waals surface area contributed by atoms with Crippen LogP contribution in [0, 0.1) is 0 Å². The third kappa shape index (κ3) is 7.38. The maximum atomic E-state index is 12.4. The summed E-state index contributed by atoms with van der Waals surface area (Å²) in [6.07, 6.45) is 0.710. The molecule has 0 amide bonds. The predicted molar refractivity (Wildman–Crippen MR) is 164 cm³/mol. The highest BCUT2D eigenvalue weighted by Gasteiger charge is 2.39. The van der Waals surface area contributed by atoms with Crippen LogP contribution in [0.2, 0.25) is 18.1 Å². The highest BCUT2D eigenvalue weighted by Crippen LogP contribution is 2.41. The predicted octanol–water partition coefficient (Wildman–Crippen LogP) is 6.58. The van der Waals surface area contributed by atoms with E-state index in [4.69, 9.17) is 14.9 Å². The fourth-order valence-corrected chi connectivity index (χ4v) is 5.56. The SMILES string of the molecule is CC(C)(C)[Si](C)(C)O[C@@H](CNCCc1ccc(N)cc1)c1ccc(OCc2ccccc2)c2[nH]c(=O)ccc12. The quantitative estimate of drug-likeness (QED) is 0.113. The lowest BCUT2D eigenvalue weighted by Gasteiger charge is -2.39. The molecule has 4 N–H and O–H groups in total. The molecule has 206 valence electrons. The van der Waals surface area contributed by atoms with Gasteiger partial charge in [-0.25, -0.2) is 0 Å². The maximum Gasteiger partial charge on any atom is 0.248 e. The van der Waals surface area contributed by atoms with Crippen LogP contribution in [-0.4, -0.2) is 26.4 Å². The molecule has 0 aliphatic heterocycles. The van der Waals surface area contributed by atoms with Crippen molar-refractivity contribution in [3.63, 3.8) is 0 Å². The maximum absolute atomic E-state index is 12.4. The Morgan fingerprint density at radius 3 is 2.33 bits per heavy atom. The summed E-state index contributed by atoms with van der Waals surface area (Å²) in [5.41, 5.74) is 10.5. The molecule has 1 atom stereocenters. The van der Waals surface area contributed by atoms with Crippen LogP contribution in [0.15, 0.2) is 83.7 Å². The summed E-state index contributed by atoms with van der Waals surface area (Å²) in [7, 11) is -2.11. The van der Waals surface area contributed by atoms with Gasteiger partial charge in [-0.3, -0.25) is 4.79 Å². The van der Waals surface area contributed by atoms with Crippen molar-refractivity contribution < 1.29 is 9.16 Å². The van der Waals surface area contributed by atoms with Gasteiger partial charge in [-0.15, -0.1) is 0 Å². The molecule has 0 aliphatic rings. The molecule has 39 heavy (non-hydrogen) atoms. The molecule has 0 unspecified atom stereocenters. The Kier molecular flexibility index (Phi) is 8.95. The van der Waals surface area contributed by atoms with Crippen molar-refractivity contribution in [2.24, 2.45) is 0 Å². The fourth-order valence-electron chi connectivity index (χ4n) is 4.28. The first kappa shape index (κ1) is 28.6. The van der Waals surface area contributed by atoms with Gasteiger partial charge in [0.2, 0.25) is 5.56 Å². The average molecular weight is 544 g/mol. The summed E-state index contributed by atoms with van der Waals surface area (Å²) >= 11 is 0. The number of anilines is 1. The number of nitrogens with two attached hydrogens (primary N) is 1. The number of ether oxygens (including phenoxy) is 1. The van der Waals surface area contributed by atoms with Gasteiger partial charge in [0, 0.05) is 23.7 Å². The molecule has 4 aromatic rings. The lowest BCUT2D eigenvalue weighted by molar-refractivity contribution is 0.182. The average Bonchev–Trinajstić information content (AvgIpc) is 2.90. The molecule has 0 radical (unpaired) electrons. The zero-order valence-electron chi connectivity index (χ0n) is 23.7. The normalized spacial score (nSPS) is 12.9. The molecule has 0 aliphatic carbocycles. The smallest absolute Gasteiger partial charge is 0.248 e. The Morgan fingerprint density at radius 1 is 0.923 bits per heavy atom. The minimum atomic E-state index is -2.11. The topological polar surface area (TPSA) is 89.4 Å². The van der Waals surface area contributed by atoms with Crippen LogP contribution in [0.25, 0.3) is 10.9 Å². The number of nitrogen functional groups attached to an aromatic ring is 1. The van der Waals surface area contributed by atoms with Crippen LogP contribution < -0.4 is 21.3 Å². The van der Waals surface area contributed by atoms with Gasteiger partial charge in [-0.2, -0.15) is 0 Å². The Morgan fingerprint density at radius 2 is 1.64 bits per heavy atom. The first-order chi connectivity index (χ1) is 18.5. The Hall–Kier alpha value is -3.39. The third-order valence-corrected chi connectivity index (χ3v) is 12.1. The van der Waals surface area contributed by atoms with Crippen molar-refractivity contribution in [3.05, 3.63) is 106 Å². The van der Waals surface area contributed by atoms with Crippen LogP contribution >= 0.6 is 0 Å². The minimum Gasteiger partial charge on any atom is -0.487 e. The van der Waals surface area contributed by atoms with E-state index in [1.165, 1.54) is 5.56 Å². The van der Waals surface area contributed by atoms with E-state index in [2.05, 4.69) is 62.4 Å². The van der Waals surface area contributed by atoms with E-state index in [1.807, 2.05) is 54.6 Å². The molecule has 1 aromatic heterocycles. The second-order valence-corrected chi connectivity index (χ2v) is 16.4. The number of H-pyrrole nitrogens is 1. The van der Waals surface area contributed by atoms with Gasteiger partial charge in [0.05, 0.1) is 11.6 Å². The summed E-state index contributed by atoms with van der Waals surface area (Å²) in [5.74, 6) is 0.651. The van der Waals surface area contributed by atoms with Crippen molar-refractivity contribution in [1.29, 1.82) is 0 Å². The van der Waals surface area contributed by atoms with Crippen LogP contribution in [0.3, 0.4) is 0 Å². The van der Waals surface area contributed by atoms with E-state index in [0.717, 1.165) is 35.2 Å². The number of hydrogen-bond donors (Lipinski definition) is 3. The number of aromatic nitrogens is 1. The zero-order valence-corrected chi connectivity index (χ0v) is 24.7. The molecular weight excluding hydrogens is 502 g/mol. The van der Waals surface area contributed by atoms with Crippen molar-refractivity contribution in [2.75, 3.05) is 18.8 Å². The molecule has 7 heteroatoms. The van der Waals surface area contributed by atoms with E-state index in [0.29, 0.717) is 24.4 Å². The first-order valence-corrected chi connectivity index (χ1v) is 16.5. The summed E-state index contributed by atoms with van der Waals surface area (Å²) in [6.45, 7) is 13.2. The number of benzene rings is 3. The largest absolute Gasteiger partial charge is 0.487 e. The van der Waals surface area contributed by atoms with Gasteiger partial charge in [-0.05, 0) is 72.1 Å². The molecule has 1 heterocycles. The second-order valence-electron chi connectivity index (χ2n) is 11.6. The molecule has 0 spiro atoms. The zero-order chi connectivity index (χ0) is 28.0. The third-order valence-electron chi connectivity index (χ3n) is 7.62. The van der Waals surface area contributed by atoms with E-state index in [1.54, 1.807) is 6.07 Å². The van der Waals surface area contributed by atoms with Gasteiger partial charge in [-0.1, -0.05) is 69.3 Å². The number of rotatable bonds is 11. The molecule has 4 rings (SSSR count). The van der Waals surface area contributed by atoms with Crippen LogP contribution in [0.4, 0.5) is 5.69 Å². The molecule has 0 saturated carbocycles. The lowest BCUT2D eigenvalue weighted by atomic mass is 10.0. The Bertz CT molecular complexity index is 1430. The Balaban J connectivity index is 1.61. The van der Waals surface area contributed by atoms with E-state index in [9.17, 15) is 4.79 Å². The van der Waals surface area contributed by atoms with E-state index >= 15 is 0 Å². The number of hydrogen-bond acceptors (Lipinski definition) is 5. The van der Waals surface area contributed by atoms with Crippen LogP contribution in [-0.2, 0) is 17.5 Å². The van der Waals surface area contributed by atoms with Crippen molar-refractivity contribution in [2.45, 2.75) is 58.0 Å². The van der Waals surface area contributed by atoms with E-state index in [-0.39, 0.29) is 16.7 Å². The molecule has 0 bridgehead atoms. The number of fused-ring (bicyclic) bond motifs is 1. The monoisotopic (exact) mass is 543 g/mol. The summed E-state index contributed by atoms with van der Waals surface area (Å²) in [4.78, 5) is 15.4. The van der Waals surface area contributed by atoms with Crippen molar-refractivity contribution in [1.82, 2.24) is 10.3 Å². The minimum absolute atomic E-state index is 0.0536. The number of pyridine rings is 1. The molecule has 3 aromatic carbocycles. The first-order valence-electron chi connectivity index (χ1n) is 13.6. The molecular formula is C32H41N3O3Si.